The summed E-state index contributed by atoms with van der Waals surface area (Å²) < 4.78 is 5.44. The predicted octanol–water partition coefficient (Wildman–Crippen LogP) is 4.47. The maximum Gasteiger partial charge on any atom is 0.232 e. The quantitative estimate of drug-likeness (QED) is 0.654. The molecule has 27 heavy (non-hydrogen) atoms. The topological polar surface area (TPSA) is 59.2 Å². The maximum absolute atomic E-state index is 12.4. The van der Waals surface area contributed by atoms with E-state index in [4.69, 9.17) is 16.1 Å². The van der Waals surface area contributed by atoms with Gasteiger partial charge in [-0.2, -0.15) is 4.98 Å². The Kier molecular flexibility index (Phi) is 4.94. The lowest BCUT2D eigenvalue weighted by atomic mass is 10.1. The summed E-state index contributed by atoms with van der Waals surface area (Å²) in [4.78, 5) is 18.8. The highest BCUT2D eigenvalue weighted by molar-refractivity contribution is 6.33. The monoisotopic (exact) mass is 381 g/mol. The molecule has 138 valence electrons. The number of carbonyl (C=O) groups excluding carboxylic acids is 1. The minimum absolute atomic E-state index is 0.0869. The first-order chi connectivity index (χ1) is 13.1. The van der Waals surface area contributed by atoms with Crippen molar-refractivity contribution in [3.05, 3.63) is 70.6 Å². The molecule has 6 heteroatoms. The maximum atomic E-state index is 12.4. The smallest absolute Gasteiger partial charge is 0.232 e. The van der Waals surface area contributed by atoms with Gasteiger partial charge in [0, 0.05) is 25.1 Å². The highest BCUT2D eigenvalue weighted by Gasteiger charge is 2.34. The lowest BCUT2D eigenvalue weighted by Crippen LogP contribution is -2.24. The molecule has 1 aromatic heterocycles. The van der Waals surface area contributed by atoms with Crippen molar-refractivity contribution in [1.82, 2.24) is 15.0 Å². The van der Waals surface area contributed by atoms with Crippen LogP contribution in [-0.2, 0) is 17.8 Å². The van der Waals surface area contributed by atoms with E-state index < -0.39 is 0 Å². The van der Waals surface area contributed by atoms with Crippen molar-refractivity contribution in [3.8, 4) is 11.4 Å². The van der Waals surface area contributed by atoms with Crippen LogP contribution in [0.15, 0.2) is 53.1 Å². The van der Waals surface area contributed by atoms with Crippen LogP contribution in [0.2, 0.25) is 5.02 Å². The Morgan fingerprint density at radius 2 is 1.89 bits per heavy atom. The average Bonchev–Trinajstić information content (AvgIpc) is 3.30. The van der Waals surface area contributed by atoms with Gasteiger partial charge in [0.05, 0.1) is 10.9 Å². The Hall–Kier alpha value is -2.66. The first-order valence-corrected chi connectivity index (χ1v) is 9.46. The molecular weight excluding hydrogens is 362 g/mol. The minimum Gasteiger partial charge on any atom is -0.339 e. The molecule has 0 radical (unpaired) electrons. The Morgan fingerprint density at radius 1 is 1.15 bits per heavy atom. The zero-order valence-corrected chi connectivity index (χ0v) is 15.8. The van der Waals surface area contributed by atoms with Crippen molar-refractivity contribution >= 4 is 17.5 Å². The third-order valence-corrected chi connectivity index (χ3v) is 5.25. The van der Waals surface area contributed by atoms with Gasteiger partial charge in [-0.3, -0.25) is 4.79 Å². The predicted molar refractivity (Wildman–Crippen MR) is 103 cm³/mol. The standard InChI is InChI=1S/C21H20ClN3O2/c1-2-14-7-9-15(10-8-14)12-25-13-16(11-19(25)26)21-23-20(24-27-21)17-5-3-4-6-18(17)22/h3-10,16H,2,11-13H2,1H3. The highest BCUT2D eigenvalue weighted by atomic mass is 35.5. The van der Waals surface area contributed by atoms with E-state index >= 15 is 0 Å². The van der Waals surface area contributed by atoms with Gasteiger partial charge in [0.15, 0.2) is 0 Å². The normalized spacial score (nSPS) is 16.9. The van der Waals surface area contributed by atoms with Gasteiger partial charge in [0.2, 0.25) is 17.6 Å². The molecular formula is C21H20ClN3O2. The van der Waals surface area contributed by atoms with Gasteiger partial charge in [-0.05, 0) is 29.7 Å². The number of hydrogen-bond acceptors (Lipinski definition) is 4. The number of hydrogen-bond donors (Lipinski definition) is 0. The number of aromatic nitrogens is 2. The largest absolute Gasteiger partial charge is 0.339 e. The molecule has 0 N–H and O–H groups in total. The van der Waals surface area contributed by atoms with Gasteiger partial charge in [0.1, 0.15) is 0 Å². The van der Waals surface area contributed by atoms with Gasteiger partial charge in [-0.25, -0.2) is 0 Å². The summed E-state index contributed by atoms with van der Waals surface area (Å²) in [5.74, 6) is 0.965. The Balaban J connectivity index is 1.47. The lowest BCUT2D eigenvalue weighted by molar-refractivity contribution is -0.128. The summed E-state index contributed by atoms with van der Waals surface area (Å²) in [7, 11) is 0. The van der Waals surface area contributed by atoms with Crippen LogP contribution in [0, 0.1) is 0 Å². The molecule has 1 fully saturated rings. The number of halogens is 1. The number of aryl methyl sites for hydroxylation is 1. The van der Waals surface area contributed by atoms with Crippen LogP contribution in [0.4, 0.5) is 0 Å². The summed E-state index contributed by atoms with van der Waals surface area (Å²) in [6.07, 6.45) is 1.40. The van der Waals surface area contributed by atoms with Crippen molar-refractivity contribution in [2.24, 2.45) is 0 Å². The summed E-state index contributed by atoms with van der Waals surface area (Å²) in [5.41, 5.74) is 3.15. The van der Waals surface area contributed by atoms with Crippen LogP contribution < -0.4 is 0 Å². The molecule has 3 aromatic rings. The Morgan fingerprint density at radius 3 is 2.63 bits per heavy atom. The Labute approximate surface area is 163 Å². The molecule has 0 spiro atoms. The fourth-order valence-corrected chi connectivity index (χ4v) is 3.56. The van der Waals surface area contributed by atoms with E-state index in [0.29, 0.717) is 36.2 Å². The molecule has 5 nitrogen and oxygen atoms in total. The van der Waals surface area contributed by atoms with Crippen LogP contribution in [-0.4, -0.2) is 27.5 Å². The van der Waals surface area contributed by atoms with E-state index in [1.54, 1.807) is 6.07 Å². The molecule has 0 saturated carbocycles. The molecule has 1 aliphatic rings. The highest BCUT2D eigenvalue weighted by Crippen LogP contribution is 2.31. The zero-order valence-electron chi connectivity index (χ0n) is 15.1. The third kappa shape index (κ3) is 3.74. The van der Waals surface area contributed by atoms with E-state index in [1.807, 2.05) is 23.1 Å². The molecule has 2 aromatic carbocycles. The number of benzene rings is 2. The van der Waals surface area contributed by atoms with Crippen molar-refractivity contribution in [2.45, 2.75) is 32.2 Å². The molecule has 1 amide bonds. The van der Waals surface area contributed by atoms with Gasteiger partial charge in [-0.15, -0.1) is 0 Å². The number of carbonyl (C=O) groups is 1. The second-order valence-electron chi connectivity index (χ2n) is 6.78. The Bertz CT molecular complexity index is 952. The van der Waals surface area contributed by atoms with E-state index in [0.717, 1.165) is 17.5 Å². The van der Waals surface area contributed by atoms with Crippen molar-refractivity contribution in [1.29, 1.82) is 0 Å². The van der Waals surface area contributed by atoms with E-state index in [9.17, 15) is 4.79 Å². The number of likely N-dealkylation sites (tertiary alicyclic amines) is 1. The van der Waals surface area contributed by atoms with E-state index in [2.05, 4.69) is 41.3 Å². The SMILES string of the molecule is CCc1ccc(CN2CC(c3nc(-c4ccccc4Cl)no3)CC2=O)cc1. The first kappa shape index (κ1) is 17.7. The van der Waals surface area contributed by atoms with Gasteiger partial charge in [-0.1, -0.05) is 60.1 Å². The average molecular weight is 382 g/mol. The second-order valence-corrected chi connectivity index (χ2v) is 7.19. The van der Waals surface area contributed by atoms with Gasteiger partial charge < -0.3 is 9.42 Å². The zero-order chi connectivity index (χ0) is 18.8. The second kappa shape index (κ2) is 7.53. The van der Waals surface area contributed by atoms with Crippen molar-refractivity contribution in [2.75, 3.05) is 6.54 Å². The van der Waals surface area contributed by atoms with E-state index in [-0.39, 0.29) is 11.8 Å². The third-order valence-electron chi connectivity index (χ3n) is 4.92. The molecule has 1 unspecified atom stereocenters. The number of amides is 1. The summed E-state index contributed by atoms with van der Waals surface area (Å²) in [6, 6.07) is 15.8. The first-order valence-electron chi connectivity index (χ1n) is 9.08. The van der Waals surface area contributed by atoms with Crippen LogP contribution in [0.3, 0.4) is 0 Å². The van der Waals surface area contributed by atoms with Crippen LogP contribution in [0.5, 0.6) is 0 Å². The number of nitrogens with zero attached hydrogens (tertiary/aromatic N) is 3. The van der Waals surface area contributed by atoms with Gasteiger partial charge in [0.25, 0.3) is 0 Å². The molecule has 2 heterocycles. The van der Waals surface area contributed by atoms with Crippen molar-refractivity contribution < 1.29 is 9.32 Å². The minimum atomic E-state index is -0.0869. The van der Waals surface area contributed by atoms with Gasteiger partial charge >= 0.3 is 0 Å². The molecule has 4 rings (SSSR count). The molecule has 1 aliphatic heterocycles. The molecule has 1 atom stereocenters. The van der Waals surface area contributed by atoms with Crippen LogP contribution in [0.1, 0.15) is 36.3 Å². The summed E-state index contributed by atoms with van der Waals surface area (Å²) in [5, 5.41) is 4.62. The molecule has 0 aliphatic carbocycles. The summed E-state index contributed by atoms with van der Waals surface area (Å²) >= 11 is 6.20. The molecule has 0 bridgehead atoms. The fourth-order valence-electron chi connectivity index (χ4n) is 3.34. The molecule has 1 saturated heterocycles. The van der Waals surface area contributed by atoms with Crippen LogP contribution in [0.25, 0.3) is 11.4 Å². The lowest BCUT2D eigenvalue weighted by Gasteiger charge is -2.16. The summed E-state index contributed by atoms with van der Waals surface area (Å²) in [6.45, 7) is 3.31. The van der Waals surface area contributed by atoms with E-state index in [1.165, 1.54) is 5.56 Å². The van der Waals surface area contributed by atoms with Crippen molar-refractivity contribution in [3.63, 3.8) is 0 Å². The van der Waals surface area contributed by atoms with Crippen LogP contribution >= 0.6 is 11.6 Å². The number of rotatable bonds is 5. The fraction of sp³-hybridized carbons (Fsp3) is 0.286.